The van der Waals surface area contributed by atoms with Gasteiger partial charge in [0, 0.05) is 23.9 Å². The van der Waals surface area contributed by atoms with Crippen LogP contribution in [0.2, 0.25) is 0 Å². The molecule has 0 saturated heterocycles. The van der Waals surface area contributed by atoms with E-state index < -0.39 is 11.7 Å². The minimum atomic E-state index is -4.44. The summed E-state index contributed by atoms with van der Waals surface area (Å²) in [6.45, 7) is 0. The van der Waals surface area contributed by atoms with E-state index in [4.69, 9.17) is 0 Å². The lowest BCUT2D eigenvalue weighted by Gasteiger charge is -2.08. The first kappa shape index (κ1) is 21.3. The zero-order valence-corrected chi connectivity index (χ0v) is 17.8. The van der Waals surface area contributed by atoms with Crippen molar-refractivity contribution in [3.63, 3.8) is 0 Å². The van der Waals surface area contributed by atoms with Crippen LogP contribution in [0.25, 0.3) is 10.2 Å². The van der Waals surface area contributed by atoms with Gasteiger partial charge < -0.3 is 0 Å². The van der Waals surface area contributed by atoms with Crippen LogP contribution in [0.4, 0.5) is 13.2 Å². The Morgan fingerprint density at radius 2 is 1.65 bits per heavy atom. The van der Waals surface area contributed by atoms with Crippen LogP contribution in [0.15, 0.2) is 69.9 Å². The van der Waals surface area contributed by atoms with Crippen LogP contribution in [-0.4, -0.2) is 15.3 Å². The number of benzene rings is 2. The number of fused-ring (bicyclic) bond motifs is 1. The van der Waals surface area contributed by atoms with Crippen LogP contribution < -0.4 is 5.56 Å². The standard InChI is InChI=1S/C22H15F3N2O2S2/c1-27-20(29)19-17(10-11-30-19)26-21(27)31-12-13-2-4-14(5-3-13)18(28)15-6-8-16(9-7-15)22(23,24)25/h2-11H,12H2,1H3. The number of halogens is 3. The van der Waals surface area contributed by atoms with Gasteiger partial charge in [-0.05, 0) is 29.1 Å². The van der Waals surface area contributed by atoms with E-state index in [0.717, 1.165) is 17.7 Å². The molecule has 0 saturated carbocycles. The van der Waals surface area contributed by atoms with E-state index >= 15 is 0 Å². The highest BCUT2D eigenvalue weighted by atomic mass is 32.2. The molecule has 0 unspecified atom stereocenters. The van der Waals surface area contributed by atoms with Crippen LogP contribution in [-0.2, 0) is 19.0 Å². The Hall–Kier alpha value is -2.91. The predicted octanol–water partition coefficient (Wildman–Crippen LogP) is 5.54. The quantitative estimate of drug-likeness (QED) is 0.223. The van der Waals surface area contributed by atoms with Crippen molar-refractivity contribution in [3.05, 3.63) is 92.6 Å². The normalized spacial score (nSPS) is 11.7. The zero-order valence-electron chi connectivity index (χ0n) is 16.1. The molecule has 0 fully saturated rings. The summed E-state index contributed by atoms with van der Waals surface area (Å²) in [5.41, 5.74) is 1.30. The summed E-state index contributed by atoms with van der Waals surface area (Å²) in [4.78, 5) is 29.4. The molecule has 0 atom stereocenters. The Bertz CT molecular complexity index is 1310. The van der Waals surface area contributed by atoms with Crippen molar-refractivity contribution in [3.8, 4) is 0 Å². The summed E-state index contributed by atoms with van der Waals surface area (Å²) in [5.74, 6) is 0.199. The number of hydrogen-bond acceptors (Lipinski definition) is 5. The van der Waals surface area contributed by atoms with E-state index in [1.54, 1.807) is 31.3 Å². The molecule has 2 aromatic carbocycles. The molecule has 0 bridgehead atoms. The van der Waals surface area contributed by atoms with Gasteiger partial charge in [-0.3, -0.25) is 14.2 Å². The molecule has 4 rings (SSSR count). The van der Waals surface area contributed by atoms with Gasteiger partial charge in [0.2, 0.25) is 0 Å². The van der Waals surface area contributed by atoms with Crippen LogP contribution >= 0.6 is 23.1 Å². The molecule has 0 aliphatic heterocycles. The van der Waals surface area contributed by atoms with Gasteiger partial charge in [-0.15, -0.1) is 11.3 Å². The third kappa shape index (κ3) is 4.42. The van der Waals surface area contributed by atoms with E-state index in [0.29, 0.717) is 26.7 Å². The Labute approximate surface area is 183 Å². The Morgan fingerprint density at radius 3 is 2.26 bits per heavy atom. The van der Waals surface area contributed by atoms with Crippen molar-refractivity contribution in [2.24, 2.45) is 7.05 Å². The molecule has 31 heavy (non-hydrogen) atoms. The van der Waals surface area contributed by atoms with Gasteiger partial charge >= 0.3 is 6.18 Å². The number of carbonyl (C=O) groups is 1. The van der Waals surface area contributed by atoms with Crippen molar-refractivity contribution in [1.82, 2.24) is 9.55 Å². The number of thioether (sulfide) groups is 1. The lowest BCUT2D eigenvalue weighted by atomic mass is 10.0. The molecule has 158 valence electrons. The number of rotatable bonds is 5. The Morgan fingerprint density at radius 1 is 1.03 bits per heavy atom. The molecule has 0 spiro atoms. The van der Waals surface area contributed by atoms with Gasteiger partial charge in [0.25, 0.3) is 5.56 Å². The van der Waals surface area contributed by atoms with Crippen molar-refractivity contribution >= 4 is 39.1 Å². The van der Waals surface area contributed by atoms with Gasteiger partial charge in [0.1, 0.15) is 4.70 Å². The van der Waals surface area contributed by atoms with Crippen LogP contribution in [0, 0.1) is 0 Å². The molecule has 0 amide bonds. The fourth-order valence-corrected chi connectivity index (χ4v) is 4.71. The molecular formula is C22H15F3N2O2S2. The molecule has 0 aliphatic rings. The zero-order chi connectivity index (χ0) is 22.2. The molecular weight excluding hydrogens is 445 g/mol. The summed E-state index contributed by atoms with van der Waals surface area (Å²) < 4.78 is 40.2. The average molecular weight is 461 g/mol. The average Bonchev–Trinajstić information content (AvgIpc) is 3.23. The van der Waals surface area contributed by atoms with Crippen molar-refractivity contribution in [1.29, 1.82) is 0 Å². The third-order valence-corrected chi connectivity index (χ3v) is 6.70. The van der Waals surface area contributed by atoms with E-state index in [9.17, 15) is 22.8 Å². The van der Waals surface area contributed by atoms with Crippen LogP contribution in [0.3, 0.4) is 0 Å². The first-order chi connectivity index (χ1) is 14.7. The number of hydrogen-bond donors (Lipinski definition) is 0. The van der Waals surface area contributed by atoms with Crippen molar-refractivity contribution in [2.45, 2.75) is 17.1 Å². The maximum Gasteiger partial charge on any atom is 0.416 e. The van der Waals surface area contributed by atoms with E-state index in [1.807, 2.05) is 11.4 Å². The predicted molar refractivity (Wildman–Crippen MR) is 116 cm³/mol. The largest absolute Gasteiger partial charge is 0.416 e. The maximum absolute atomic E-state index is 12.7. The molecule has 2 heterocycles. The monoisotopic (exact) mass is 460 g/mol. The smallest absolute Gasteiger partial charge is 0.290 e. The molecule has 0 aliphatic carbocycles. The van der Waals surface area contributed by atoms with Crippen LogP contribution in [0.5, 0.6) is 0 Å². The summed E-state index contributed by atoms with van der Waals surface area (Å²) in [5, 5.41) is 2.43. The number of ketones is 1. The summed E-state index contributed by atoms with van der Waals surface area (Å²) >= 11 is 2.77. The summed E-state index contributed by atoms with van der Waals surface area (Å²) in [7, 11) is 1.68. The van der Waals surface area contributed by atoms with E-state index in [-0.39, 0.29) is 16.9 Å². The Kier molecular flexibility index (Phi) is 5.72. The Balaban J connectivity index is 1.47. The minimum Gasteiger partial charge on any atom is -0.290 e. The fourth-order valence-electron chi connectivity index (χ4n) is 2.97. The molecule has 4 nitrogen and oxygen atoms in total. The number of aromatic nitrogens is 2. The van der Waals surface area contributed by atoms with Gasteiger partial charge in [-0.2, -0.15) is 13.2 Å². The fraction of sp³-hybridized carbons (Fsp3) is 0.136. The number of carbonyl (C=O) groups excluding carboxylic acids is 1. The van der Waals surface area contributed by atoms with E-state index in [2.05, 4.69) is 4.98 Å². The number of thiophene rings is 1. The topological polar surface area (TPSA) is 52.0 Å². The van der Waals surface area contributed by atoms with Gasteiger partial charge in [0.05, 0.1) is 11.1 Å². The minimum absolute atomic E-state index is 0.0833. The SMILES string of the molecule is Cn1c(SCc2ccc(C(=O)c3ccc(C(F)(F)F)cc3)cc2)nc2ccsc2c1=O. The number of alkyl halides is 3. The van der Waals surface area contributed by atoms with Gasteiger partial charge in [-0.1, -0.05) is 48.2 Å². The molecule has 2 aromatic heterocycles. The summed E-state index contributed by atoms with van der Waals surface area (Å²) in [6.07, 6.45) is -4.44. The molecule has 9 heteroatoms. The van der Waals surface area contributed by atoms with Crippen molar-refractivity contribution in [2.75, 3.05) is 0 Å². The highest BCUT2D eigenvalue weighted by Crippen LogP contribution is 2.29. The lowest BCUT2D eigenvalue weighted by molar-refractivity contribution is -0.137. The molecule has 0 radical (unpaired) electrons. The lowest BCUT2D eigenvalue weighted by Crippen LogP contribution is -2.18. The first-order valence-electron chi connectivity index (χ1n) is 9.12. The first-order valence-corrected chi connectivity index (χ1v) is 11.0. The van der Waals surface area contributed by atoms with Crippen molar-refractivity contribution < 1.29 is 18.0 Å². The van der Waals surface area contributed by atoms with Gasteiger partial charge in [-0.25, -0.2) is 4.98 Å². The second-order valence-electron chi connectivity index (χ2n) is 6.78. The van der Waals surface area contributed by atoms with Gasteiger partial charge in [0.15, 0.2) is 10.9 Å². The highest BCUT2D eigenvalue weighted by molar-refractivity contribution is 7.98. The molecule has 0 N–H and O–H groups in total. The third-order valence-electron chi connectivity index (χ3n) is 4.70. The maximum atomic E-state index is 12.7. The number of nitrogens with zero attached hydrogens (tertiary/aromatic N) is 2. The highest BCUT2D eigenvalue weighted by Gasteiger charge is 2.30. The second-order valence-corrected chi connectivity index (χ2v) is 8.64. The van der Waals surface area contributed by atoms with Crippen LogP contribution in [0.1, 0.15) is 27.0 Å². The second kappa shape index (κ2) is 8.32. The van der Waals surface area contributed by atoms with E-state index in [1.165, 1.54) is 39.8 Å². The summed E-state index contributed by atoms with van der Waals surface area (Å²) in [6, 6.07) is 12.8. The molecule has 4 aromatic rings.